The molecule has 118 valence electrons. The van der Waals surface area contributed by atoms with Gasteiger partial charge in [0.25, 0.3) is 0 Å². The van der Waals surface area contributed by atoms with Crippen LogP contribution in [0.2, 0.25) is 0 Å². The van der Waals surface area contributed by atoms with Gasteiger partial charge in [-0.05, 0) is 40.2 Å². The van der Waals surface area contributed by atoms with E-state index in [4.69, 9.17) is 4.74 Å². The second-order valence-corrected chi connectivity index (χ2v) is 5.80. The van der Waals surface area contributed by atoms with Gasteiger partial charge in [-0.15, -0.1) is 0 Å². The average Bonchev–Trinajstić information content (AvgIpc) is 2.70. The van der Waals surface area contributed by atoms with Crippen molar-refractivity contribution < 1.29 is 22.7 Å². The number of methoxy groups -OCH3 is 1. The maximum Gasteiger partial charge on any atom is 0.401 e. The summed E-state index contributed by atoms with van der Waals surface area (Å²) in [7, 11) is 2.75. The molecule has 0 radical (unpaired) electrons. The van der Waals surface area contributed by atoms with E-state index in [0.717, 1.165) is 0 Å². The van der Waals surface area contributed by atoms with Crippen molar-refractivity contribution in [1.82, 2.24) is 10.2 Å². The van der Waals surface area contributed by atoms with Gasteiger partial charge in [0.2, 0.25) is 0 Å². The maximum atomic E-state index is 12.4. The molecule has 1 aliphatic rings. The van der Waals surface area contributed by atoms with E-state index in [9.17, 15) is 18.0 Å². The average molecular weight is 296 g/mol. The van der Waals surface area contributed by atoms with E-state index in [1.165, 1.54) is 19.1 Å². The van der Waals surface area contributed by atoms with Crippen LogP contribution in [0.3, 0.4) is 0 Å². The molecule has 0 bridgehead atoms. The van der Waals surface area contributed by atoms with Crippen LogP contribution in [0.1, 0.15) is 33.1 Å². The monoisotopic (exact) mass is 296 g/mol. The first-order valence-electron chi connectivity index (χ1n) is 6.73. The number of hydrogen-bond donors (Lipinski definition) is 1. The Hall–Kier alpha value is -0.820. The number of nitrogens with one attached hydrogen (secondary N) is 1. The molecule has 0 heterocycles. The number of alkyl halides is 3. The van der Waals surface area contributed by atoms with Crippen LogP contribution in [0.5, 0.6) is 0 Å². The molecule has 1 rings (SSSR count). The van der Waals surface area contributed by atoms with Crippen molar-refractivity contribution in [3.8, 4) is 0 Å². The van der Waals surface area contributed by atoms with Crippen molar-refractivity contribution in [2.24, 2.45) is 0 Å². The number of halogens is 3. The lowest BCUT2D eigenvalue weighted by molar-refractivity contribution is -0.150. The number of esters is 1. The quantitative estimate of drug-likeness (QED) is 0.787. The lowest BCUT2D eigenvalue weighted by Crippen LogP contribution is -2.54. The maximum absolute atomic E-state index is 12.4. The fourth-order valence-electron chi connectivity index (χ4n) is 2.93. The first kappa shape index (κ1) is 17.2. The van der Waals surface area contributed by atoms with Gasteiger partial charge in [-0.25, -0.2) is 0 Å². The largest absolute Gasteiger partial charge is 0.468 e. The number of hydrogen-bond acceptors (Lipinski definition) is 4. The van der Waals surface area contributed by atoms with Gasteiger partial charge >= 0.3 is 12.1 Å². The molecule has 0 aliphatic heterocycles. The van der Waals surface area contributed by atoms with Gasteiger partial charge in [-0.2, -0.15) is 13.2 Å². The summed E-state index contributed by atoms with van der Waals surface area (Å²) in [6, 6.07) is -0.220. The van der Waals surface area contributed by atoms with Crippen LogP contribution in [0.4, 0.5) is 13.2 Å². The molecule has 20 heavy (non-hydrogen) atoms. The minimum absolute atomic E-state index is 0.0563. The lowest BCUT2D eigenvalue weighted by Gasteiger charge is -2.31. The van der Waals surface area contributed by atoms with Crippen molar-refractivity contribution in [3.63, 3.8) is 0 Å². The van der Waals surface area contributed by atoms with Crippen LogP contribution >= 0.6 is 0 Å². The Kier molecular flexibility index (Phi) is 5.43. The standard InChI is InChI=1S/C13H23F3N2O2/c1-9(2)17-12(11(19)20-4)6-5-10(7-12)18(3)8-13(14,15)16/h9-10,17H,5-8H2,1-4H3. The van der Waals surface area contributed by atoms with Gasteiger partial charge in [0.1, 0.15) is 5.54 Å². The Morgan fingerprint density at radius 2 is 2.10 bits per heavy atom. The van der Waals surface area contributed by atoms with Crippen LogP contribution < -0.4 is 5.32 Å². The molecule has 2 atom stereocenters. The summed E-state index contributed by atoms with van der Waals surface area (Å²) in [6.07, 6.45) is -2.85. The zero-order chi connectivity index (χ0) is 15.6. The molecule has 0 spiro atoms. The van der Waals surface area contributed by atoms with Gasteiger partial charge in [0.05, 0.1) is 13.7 Å². The van der Waals surface area contributed by atoms with Crippen molar-refractivity contribution in [2.45, 2.75) is 56.9 Å². The summed E-state index contributed by atoms with van der Waals surface area (Å²) in [5.74, 6) is -0.394. The number of carbonyl (C=O) groups is 1. The number of nitrogens with zero attached hydrogens (tertiary/aromatic N) is 1. The highest BCUT2D eigenvalue weighted by molar-refractivity contribution is 5.81. The fourth-order valence-corrected chi connectivity index (χ4v) is 2.93. The summed E-state index contributed by atoms with van der Waals surface area (Å²) in [5, 5.41) is 3.17. The normalized spacial score (nSPS) is 27.4. The number of rotatable bonds is 5. The lowest BCUT2D eigenvalue weighted by atomic mass is 9.96. The smallest absolute Gasteiger partial charge is 0.401 e. The third-order valence-electron chi connectivity index (χ3n) is 3.68. The summed E-state index contributed by atoms with van der Waals surface area (Å²) in [4.78, 5) is 13.3. The Bertz CT molecular complexity index is 347. The third-order valence-corrected chi connectivity index (χ3v) is 3.68. The van der Waals surface area contributed by atoms with E-state index in [0.29, 0.717) is 19.3 Å². The van der Waals surface area contributed by atoms with Crippen LogP contribution in [-0.2, 0) is 9.53 Å². The van der Waals surface area contributed by atoms with Crippen LogP contribution in [0.15, 0.2) is 0 Å². The van der Waals surface area contributed by atoms with E-state index >= 15 is 0 Å². The first-order valence-corrected chi connectivity index (χ1v) is 6.73. The molecule has 0 aromatic carbocycles. The molecule has 0 amide bonds. The SMILES string of the molecule is COC(=O)C1(NC(C)C)CCC(N(C)CC(F)(F)F)C1. The van der Waals surface area contributed by atoms with Crippen molar-refractivity contribution in [2.75, 3.05) is 20.7 Å². The molecule has 0 aromatic rings. The van der Waals surface area contributed by atoms with Crippen molar-refractivity contribution in [1.29, 1.82) is 0 Å². The predicted molar refractivity (Wildman–Crippen MR) is 69.3 cm³/mol. The van der Waals surface area contributed by atoms with Crippen LogP contribution in [-0.4, -0.2) is 55.4 Å². The Morgan fingerprint density at radius 1 is 1.50 bits per heavy atom. The van der Waals surface area contributed by atoms with E-state index in [2.05, 4.69) is 5.32 Å². The molecule has 1 aliphatic carbocycles. The molecule has 4 nitrogen and oxygen atoms in total. The number of ether oxygens (including phenoxy) is 1. The Labute approximate surface area is 117 Å². The van der Waals surface area contributed by atoms with E-state index in [1.54, 1.807) is 0 Å². The summed E-state index contributed by atoms with van der Waals surface area (Å²) in [6.45, 7) is 2.84. The minimum atomic E-state index is -4.23. The zero-order valence-electron chi connectivity index (χ0n) is 12.4. The van der Waals surface area contributed by atoms with Gasteiger partial charge < -0.3 is 4.74 Å². The molecule has 7 heteroatoms. The summed E-state index contributed by atoms with van der Waals surface area (Å²) in [5.41, 5.74) is -0.868. The Morgan fingerprint density at radius 3 is 2.55 bits per heavy atom. The molecule has 1 saturated carbocycles. The second-order valence-electron chi connectivity index (χ2n) is 5.80. The summed E-state index contributed by atoms with van der Waals surface area (Å²) < 4.78 is 42.1. The van der Waals surface area contributed by atoms with Crippen molar-refractivity contribution in [3.05, 3.63) is 0 Å². The van der Waals surface area contributed by atoms with Crippen molar-refractivity contribution >= 4 is 5.97 Å². The topological polar surface area (TPSA) is 41.6 Å². The van der Waals surface area contributed by atoms with E-state index in [-0.39, 0.29) is 12.1 Å². The molecule has 0 aromatic heterocycles. The number of carbonyl (C=O) groups excluding carboxylic acids is 1. The third kappa shape index (κ3) is 4.34. The van der Waals surface area contributed by atoms with Gasteiger partial charge in [0, 0.05) is 12.1 Å². The fraction of sp³-hybridized carbons (Fsp3) is 0.923. The van der Waals surface area contributed by atoms with Gasteiger partial charge in [-0.1, -0.05) is 0 Å². The van der Waals surface area contributed by atoms with E-state index in [1.807, 2.05) is 13.8 Å². The molecule has 0 saturated heterocycles. The summed E-state index contributed by atoms with van der Waals surface area (Å²) >= 11 is 0. The second kappa shape index (κ2) is 6.30. The molecule has 1 N–H and O–H groups in total. The van der Waals surface area contributed by atoms with E-state index < -0.39 is 24.2 Å². The minimum Gasteiger partial charge on any atom is -0.468 e. The van der Waals surface area contributed by atoms with Crippen LogP contribution in [0, 0.1) is 0 Å². The molecule has 2 unspecified atom stereocenters. The molecular formula is C13H23F3N2O2. The van der Waals surface area contributed by atoms with Crippen LogP contribution in [0.25, 0.3) is 0 Å². The zero-order valence-corrected chi connectivity index (χ0v) is 12.4. The van der Waals surface area contributed by atoms with Gasteiger partial charge in [-0.3, -0.25) is 15.0 Å². The Balaban J connectivity index is 2.76. The molecule has 1 fully saturated rings. The first-order chi connectivity index (χ1) is 9.09. The van der Waals surface area contributed by atoms with Gasteiger partial charge in [0.15, 0.2) is 0 Å². The predicted octanol–water partition coefficient (Wildman–Crippen LogP) is 1.94. The molecular weight excluding hydrogens is 273 g/mol. The highest BCUT2D eigenvalue weighted by Crippen LogP contribution is 2.35. The highest BCUT2D eigenvalue weighted by atomic mass is 19.4. The highest BCUT2D eigenvalue weighted by Gasteiger charge is 2.48.